The van der Waals surface area contributed by atoms with E-state index in [1.807, 2.05) is 91.0 Å². The van der Waals surface area contributed by atoms with Crippen LogP contribution < -0.4 is 60.3 Å². The number of carbonyl (C=O) groups excluding carboxylic acids is 5. The Morgan fingerprint density at radius 1 is 0.632 bits per heavy atom. The van der Waals surface area contributed by atoms with Crippen molar-refractivity contribution in [2.24, 2.45) is 11.8 Å². The van der Waals surface area contributed by atoms with Gasteiger partial charge in [0.2, 0.25) is 23.6 Å². The molecule has 454 valence electrons. The number of hydrogen-bond donors (Lipinski definition) is 5. The van der Waals surface area contributed by atoms with E-state index in [9.17, 15) is 33.9 Å². The van der Waals surface area contributed by atoms with Gasteiger partial charge in [-0.1, -0.05) is 132 Å². The Bertz CT molecular complexity index is 3470. The zero-order valence-electron chi connectivity index (χ0n) is 48.4. The largest absolute Gasteiger partial charge is 1.00 e. The van der Waals surface area contributed by atoms with Crippen LogP contribution in [0.4, 0.5) is 11.4 Å². The van der Waals surface area contributed by atoms with Gasteiger partial charge >= 0.3 is 41.5 Å². The van der Waals surface area contributed by atoms with Crippen molar-refractivity contribution < 1.29 is 83.1 Å². The number of allylic oxidation sites excluding steroid dienone is 2. The Morgan fingerprint density at radius 3 is 1.53 bits per heavy atom. The standard InChI is InChI=1S/C32H35ClN4O5S.C31H33ClN4O5S.Na.H2O/c1-41-30(40)32-18-20(32)10-5-3-2-4-6-14-25(34-22-12-9-11-21(33)16-22)29(39)37-19-23(17-26(37)28(38)36-32)42-31-35-24-13-7-8-15-27(24)43-31;32-20-10-8-11-21(15-20)33-24-13-5-3-1-2-4-9-19-17-31(19,29(39)40)35-27(37)25-16-22(18-36(25)28(24)38)41-30-34-23-12-6-7-14-26(23)42-30;;/h5,7-13,15-16,20,23,25-26,34H,2-4,6,14,17-19H2,1H3,(H,36,38);4,6-12,14-15,19,22,24-25,33H,1-3,5,13,16-18H2,(H,35,37)(H,39,40);;1H2/q;;+1;/p-1/b10-5-;9-4-;;/t20-,23-,25+,26+,32-;19-,22-,24+,25+,31-;;/m11../s1. The molecule has 2 aliphatic carbocycles. The summed E-state index contributed by atoms with van der Waals surface area (Å²) in [7, 11) is 1.33. The molecule has 2 saturated carbocycles. The van der Waals surface area contributed by atoms with Crippen LogP contribution in [0.2, 0.25) is 10.0 Å². The van der Waals surface area contributed by atoms with E-state index in [0.717, 1.165) is 83.2 Å². The maximum Gasteiger partial charge on any atom is 1.00 e. The molecule has 0 unspecified atom stereocenters. The number of amides is 4. The summed E-state index contributed by atoms with van der Waals surface area (Å²) in [5, 5.41) is 24.7. The van der Waals surface area contributed by atoms with Crippen LogP contribution in [0.1, 0.15) is 89.9 Å². The first-order valence-electron chi connectivity index (χ1n) is 29.2. The molecule has 19 nitrogen and oxygen atoms in total. The van der Waals surface area contributed by atoms with E-state index >= 15 is 0 Å². The molecule has 6 aromatic rings. The van der Waals surface area contributed by atoms with E-state index in [4.69, 9.17) is 37.4 Å². The zero-order valence-corrected chi connectivity index (χ0v) is 53.6. The molecule has 2 saturated heterocycles. The fourth-order valence-electron chi connectivity index (χ4n) is 12.1. The summed E-state index contributed by atoms with van der Waals surface area (Å²) >= 11 is 15.3. The molecule has 24 heteroatoms. The number of carboxylic acids is 1. The van der Waals surface area contributed by atoms with Gasteiger partial charge in [-0.3, -0.25) is 19.2 Å². The molecule has 0 radical (unpaired) electrons. The molecule has 12 rings (SSSR count). The van der Waals surface area contributed by atoms with Crippen LogP contribution in [0.5, 0.6) is 10.4 Å². The molecular formula is C63H69Cl2N8NaO11S2. The summed E-state index contributed by atoms with van der Waals surface area (Å²) in [6, 6.07) is 27.1. The third-order valence-corrected chi connectivity index (χ3v) is 19.1. The second-order valence-electron chi connectivity index (χ2n) is 22.7. The van der Waals surface area contributed by atoms with Crippen LogP contribution in [0.15, 0.2) is 121 Å². The fraction of sp³-hybridized carbons (Fsp3) is 0.429. The topological polar surface area (TPSA) is 261 Å². The Labute approximate surface area is 544 Å². The third kappa shape index (κ3) is 15.2. The zero-order chi connectivity index (χ0) is 59.2. The first kappa shape index (κ1) is 65.2. The molecule has 6 N–H and O–H groups in total. The van der Waals surface area contributed by atoms with Crippen LogP contribution in [-0.2, 0) is 33.5 Å². The van der Waals surface area contributed by atoms with Gasteiger partial charge in [-0.05, 0) is 112 Å². The van der Waals surface area contributed by atoms with Crippen LogP contribution in [0.25, 0.3) is 20.4 Å². The van der Waals surface area contributed by atoms with E-state index in [0.29, 0.717) is 46.1 Å². The number of fused-ring (bicyclic) bond motifs is 6. The first-order valence-corrected chi connectivity index (χ1v) is 31.6. The number of aliphatic carboxylic acids is 1. The monoisotopic (exact) mass is 1270 g/mol. The maximum absolute atomic E-state index is 14.3. The van der Waals surface area contributed by atoms with Crippen molar-refractivity contribution in [3.63, 3.8) is 0 Å². The smallest absolute Gasteiger partial charge is 0.870 e. The molecule has 6 aliphatic rings. The molecule has 4 aromatic carbocycles. The molecular weight excluding hydrogens is 1200 g/mol. The molecule has 4 fully saturated rings. The van der Waals surface area contributed by atoms with Gasteiger partial charge in [-0.2, -0.15) is 0 Å². The number of aromatic nitrogens is 2. The average Bonchev–Trinajstić information content (AvgIpc) is 1.61. The van der Waals surface area contributed by atoms with Crippen LogP contribution in [0.3, 0.4) is 0 Å². The van der Waals surface area contributed by atoms with Gasteiger partial charge in [0, 0.05) is 46.1 Å². The number of rotatable bonds is 10. The van der Waals surface area contributed by atoms with Crippen molar-refractivity contribution in [2.75, 3.05) is 30.8 Å². The molecule has 6 heterocycles. The van der Waals surface area contributed by atoms with Gasteiger partial charge in [-0.25, -0.2) is 19.6 Å². The minimum absolute atomic E-state index is 0. The Morgan fingerprint density at radius 2 is 1.08 bits per heavy atom. The van der Waals surface area contributed by atoms with Gasteiger partial charge in [0.15, 0.2) is 0 Å². The molecule has 4 amide bonds. The molecule has 0 spiro atoms. The van der Waals surface area contributed by atoms with E-state index in [-0.39, 0.29) is 90.5 Å². The van der Waals surface area contributed by atoms with Gasteiger partial charge in [0.25, 0.3) is 10.4 Å². The number of nitrogens with zero attached hydrogens (tertiary/aromatic N) is 4. The van der Waals surface area contributed by atoms with Crippen molar-refractivity contribution >= 4 is 113 Å². The molecule has 0 bridgehead atoms. The van der Waals surface area contributed by atoms with E-state index in [1.165, 1.54) is 29.8 Å². The first-order chi connectivity index (χ1) is 41.2. The van der Waals surface area contributed by atoms with Crippen LogP contribution >= 0.6 is 45.9 Å². The predicted molar refractivity (Wildman–Crippen MR) is 330 cm³/mol. The molecule has 10 atom stereocenters. The molecule has 4 aliphatic heterocycles. The van der Waals surface area contributed by atoms with Crippen molar-refractivity contribution in [3.8, 4) is 10.4 Å². The van der Waals surface area contributed by atoms with Crippen molar-refractivity contribution in [3.05, 3.63) is 131 Å². The van der Waals surface area contributed by atoms with Gasteiger partial charge in [0.05, 0.1) is 40.6 Å². The van der Waals surface area contributed by atoms with Crippen LogP contribution in [0, 0.1) is 11.8 Å². The average molecular weight is 1270 g/mol. The van der Waals surface area contributed by atoms with Gasteiger partial charge in [-0.15, -0.1) is 0 Å². The Balaban J connectivity index is 0.000000203. The van der Waals surface area contributed by atoms with Crippen molar-refractivity contribution in [2.45, 2.75) is 137 Å². The number of anilines is 2. The number of hydrogen-bond acceptors (Lipinski definition) is 16. The summed E-state index contributed by atoms with van der Waals surface area (Å²) in [5.41, 5.74) is 0.632. The minimum Gasteiger partial charge on any atom is -0.870 e. The normalized spacial score (nSPS) is 28.1. The number of benzene rings is 4. The third-order valence-electron chi connectivity index (χ3n) is 16.8. The summed E-state index contributed by atoms with van der Waals surface area (Å²) < 4.78 is 19.6. The van der Waals surface area contributed by atoms with E-state index < -0.39 is 65.3 Å². The number of carboxylic acid groups (broad SMARTS) is 1. The maximum atomic E-state index is 14.3. The number of nitrogens with one attached hydrogen (secondary N) is 4. The number of halogens is 2. The Kier molecular flexibility index (Phi) is 21.6. The number of thiazole rings is 2. The quantitative estimate of drug-likeness (QED) is 0.0507. The second-order valence-corrected chi connectivity index (χ2v) is 25.6. The van der Waals surface area contributed by atoms with E-state index in [1.54, 1.807) is 34.1 Å². The Hall–Kier alpha value is -6.30. The molecule has 2 aromatic heterocycles. The number of ether oxygens (including phenoxy) is 3. The summed E-state index contributed by atoms with van der Waals surface area (Å²) in [6.07, 6.45) is 16.6. The van der Waals surface area contributed by atoms with Crippen LogP contribution in [-0.4, -0.2) is 134 Å². The molecule has 87 heavy (non-hydrogen) atoms. The van der Waals surface area contributed by atoms with Gasteiger partial charge < -0.3 is 55.9 Å². The number of carbonyl (C=O) groups is 6. The predicted octanol–water partition coefficient (Wildman–Crippen LogP) is 7.43. The fourth-order valence-corrected chi connectivity index (χ4v) is 14.3. The number of methoxy groups -OCH3 is 1. The number of esters is 1. The van der Waals surface area contributed by atoms with Crippen molar-refractivity contribution in [1.29, 1.82) is 0 Å². The second kappa shape index (κ2) is 28.9. The summed E-state index contributed by atoms with van der Waals surface area (Å²) in [6.45, 7) is 0.402. The summed E-state index contributed by atoms with van der Waals surface area (Å²) in [4.78, 5) is 93.7. The summed E-state index contributed by atoms with van der Waals surface area (Å²) in [5.74, 6) is -3.24. The number of para-hydroxylation sites is 2. The van der Waals surface area contributed by atoms with E-state index in [2.05, 4.69) is 37.3 Å². The van der Waals surface area contributed by atoms with Gasteiger partial charge in [0.1, 0.15) is 47.5 Å². The van der Waals surface area contributed by atoms with Crippen molar-refractivity contribution in [1.82, 2.24) is 30.4 Å². The SMILES string of the molecule is COC(=O)[C@@]12C[C@H]1/C=C\CCCCC[C@H](Nc1cccc(Cl)c1)C(=O)N1C[C@H](Oc3nc4ccccc4s3)C[C@H]1C(=O)N2.O=C1N[C@]2(C(=O)O)C[C@H]2/C=C\CCCCC[C@H](Nc2cccc(Cl)c2)C(=O)N2C[C@H](Oc3nc4ccccc4s3)C[C@@H]12.[Na+].[OH-]. The minimum atomic E-state index is -1.35.